The SMILES string of the molecule is CCCCN(CC(F)C(F)C(F)C(F)C(F)CCCF)c1cccc(F)c1F. The molecule has 162 valence electrons. The molecule has 0 aliphatic rings. The third-order valence-corrected chi connectivity index (χ3v) is 4.36. The molecule has 0 saturated carbocycles. The van der Waals surface area contributed by atoms with E-state index in [2.05, 4.69) is 0 Å². The van der Waals surface area contributed by atoms with E-state index in [1.807, 2.05) is 0 Å². The third-order valence-electron chi connectivity index (χ3n) is 4.36. The van der Waals surface area contributed by atoms with Crippen LogP contribution in [-0.4, -0.2) is 50.6 Å². The van der Waals surface area contributed by atoms with Gasteiger partial charge in [0.05, 0.1) is 18.9 Å². The Labute approximate surface area is 159 Å². The highest BCUT2D eigenvalue weighted by Gasteiger charge is 2.40. The van der Waals surface area contributed by atoms with Crippen molar-refractivity contribution >= 4 is 5.69 Å². The molecular weight excluding hydrogens is 394 g/mol. The first-order chi connectivity index (χ1) is 13.2. The van der Waals surface area contributed by atoms with Gasteiger partial charge in [0.25, 0.3) is 0 Å². The van der Waals surface area contributed by atoms with E-state index in [9.17, 15) is 35.1 Å². The van der Waals surface area contributed by atoms with Crippen LogP contribution >= 0.6 is 0 Å². The maximum absolute atomic E-state index is 14.3. The molecule has 0 aliphatic heterocycles. The lowest BCUT2D eigenvalue weighted by molar-refractivity contribution is 0.000447. The first-order valence-electron chi connectivity index (χ1n) is 9.19. The topological polar surface area (TPSA) is 3.24 Å². The van der Waals surface area contributed by atoms with Crippen molar-refractivity contribution in [1.29, 1.82) is 0 Å². The summed E-state index contributed by atoms with van der Waals surface area (Å²) >= 11 is 0. The Morgan fingerprint density at radius 2 is 1.54 bits per heavy atom. The molecular formula is C19H25F8N. The Kier molecular flexibility index (Phi) is 10.6. The molecule has 0 amide bonds. The Bertz CT molecular complexity index is 573. The zero-order valence-electron chi connectivity index (χ0n) is 15.5. The van der Waals surface area contributed by atoms with E-state index < -0.39 is 62.1 Å². The van der Waals surface area contributed by atoms with Gasteiger partial charge in [-0.05, 0) is 31.4 Å². The van der Waals surface area contributed by atoms with Crippen molar-refractivity contribution in [2.75, 3.05) is 24.7 Å². The second kappa shape index (κ2) is 12.1. The molecule has 5 atom stereocenters. The summed E-state index contributed by atoms with van der Waals surface area (Å²) < 4.78 is 109. The van der Waals surface area contributed by atoms with Crippen LogP contribution < -0.4 is 4.90 Å². The largest absolute Gasteiger partial charge is 0.366 e. The van der Waals surface area contributed by atoms with Crippen molar-refractivity contribution < 1.29 is 35.1 Å². The van der Waals surface area contributed by atoms with Crippen molar-refractivity contribution in [3.8, 4) is 0 Å². The molecule has 1 nitrogen and oxygen atoms in total. The molecule has 5 unspecified atom stereocenters. The quantitative estimate of drug-likeness (QED) is 0.354. The Morgan fingerprint density at radius 1 is 0.893 bits per heavy atom. The van der Waals surface area contributed by atoms with Crippen LogP contribution in [0.5, 0.6) is 0 Å². The third kappa shape index (κ3) is 6.81. The number of hydrogen-bond donors (Lipinski definition) is 0. The van der Waals surface area contributed by atoms with Gasteiger partial charge in [-0.25, -0.2) is 30.7 Å². The van der Waals surface area contributed by atoms with E-state index in [-0.39, 0.29) is 18.7 Å². The fraction of sp³-hybridized carbons (Fsp3) is 0.684. The highest BCUT2D eigenvalue weighted by molar-refractivity contribution is 5.48. The van der Waals surface area contributed by atoms with E-state index in [0.29, 0.717) is 12.8 Å². The van der Waals surface area contributed by atoms with Crippen LogP contribution in [-0.2, 0) is 0 Å². The van der Waals surface area contributed by atoms with Crippen LogP contribution in [0.15, 0.2) is 18.2 Å². The number of unbranched alkanes of at least 4 members (excludes halogenated alkanes) is 1. The van der Waals surface area contributed by atoms with Gasteiger partial charge in [-0.1, -0.05) is 19.4 Å². The van der Waals surface area contributed by atoms with Crippen LogP contribution in [0.4, 0.5) is 40.8 Å². The zero-order valence-corrected chi connectivity index (χ0v) is 15.5. The van der Waals surface area contributed by atoms with E-state index in [1.54, 1.807) is 6.92 Å². The lowest BCUT2D eigenvalue weighted by Crippen LogP contribution is -2.44. The Morgan fingerprint density at radius 3 is 2.14 bits per heavy atom. The molecule has 0 N–H and O–H groups in total. The fourth-order valence-electron chi connectivity index (χ4n) is 2.71. The van der Waals surface area contributed by atoms with E-state index in [4.69, 9.17) is 0 Å². The number of nitrogens with zero attached hydrogens (tertiary/aromatic N) is 1. The normalized spacial score (nSPS) is 17.0. The van der Waals surface area contributed by atoms with E-state index in [0.717, 1.165) is 17.0 Å². The molecule has 28 heavy (non-hydrogen) atoms. The molecule has 0 bridgehead atoms. The minimum atomic E-state index is -3.10. The average molecular weight is 419 g/mol. The van der Waals surface area contributed by atoms with Gasteiger partial charge in [0.15, 0.2) is 36.3 Å². The minimum Gasteiger partial charge on any atom is -0.366 e. The minimum absolute atomic E-state index is 0.0300. The first kappa shape index (κ1) is 24.5. The van der Waals surface area contributed by atoms with Crippen molar-refractivity contribution in [2.24, 2.45) is 0 Å². The molecule has 1 rings (SSSR count). The highest BCUT2D eigenvalue weighted by atomic mass is 19.2. The van der Waals surface area contributed by atoms with Gasteiger partial charge in [0.2, 0.25) is 0 Å². The maximum Gasteiger partial charge on any atom is 0.182 e. The molecule has 0 radical (unpaired) electrons. The monoisotopic (exact) mass is 419 g/mol. The standard InChI is InChI=1S/C19H25F8N/c1-2-3-10-28(15-8-4-6-12(21)16(15)24)11-14(23)18(26)19(27)17(25)13(22)7-5-9-20/h4,6,8,13-14,17-19H,2-3,5,7,9-11H2,1H3. The molecule has 0 saturated heterocycles. The maximum atomic E-state index is 14.3. The van der Waals surface area contributed by atoms with Gasteiger partial charge in [0, 0.05) is 6.54 Å². The van der Waals surface area contributed by atoms with Gasteiger partial charge in [0.1, 0.15) is 6.17 Å². The summed E-state index contributed by atoms with van der Waals surface area (Å²) in [5, 5.41) is 0. The number of halogens is 8. The average Bonchev–Trinajstić information content (AvgIpc) is 2.69. The summed E-state index contributed by atoms with van der Waals surface area (Å²) in [5.41, 5.74) is -0.332. The zero-order chi connectivity index (χ0) is 21.3. The number of anilines is 1. The summed E-state index contributed by atoms with van der Waals surface area (Å²) in [7, 11) is 0. The van der Waals surface area contributed by atoms with Crippen molar-refractivity contribution in [2.45, 2.75) is 63.5 Å². The number of hydrogen-bond acceptors (Lipinski definition) is 1. The van der Waals surface area contributed by atoms with Gasteiger partial charge in [-0.2, -0.15) is 0 Å². The van der Waals surface area contributed by atoms with Crippen LogP contribution in [0.1, 0.15) is 32.6 Å². The highest BCUT2D eigenvalue weighted by Crippen LogP contribution is 2.27. The molecule has 1 aromatic rings. The van der Waals surface area contributed by atoms with Crippen LogP contribution in [0.2, 0.25) is 0 Å². The molecule has 0 heterocycles. The summed E-state index contributed by atoms with van der Waals surface area (Å²) in [6, 6.07) is 3.19. The van der Waals surface area contributed by atoms with Gasteiger partial charge < -0.3 is 4.90 Å². The number of rotatable bonds is 13. The number of alkyl halides is 6. The summed E-state index contributed by atoms with van der Waals surface area (Å²) in [4.78, 5) is 1.01. The fourth-order valence-corrected chi connectivity index (χ4v) is 2.71. The van der Waals surface area contributed by atoms with Crippen molar-refractivity contribution in [1.82, 2.24) is 0 Å². The Balaban J connectivity index is 2.85. The Hall–Kier alpha value is -1.54. The van der Waals surface area contributed by atoms with Crippen molar-refractivity contribution in [3.63, 3.8) is 0 Å². The van der Waals surface area contributed by atoms with Crippen LogP contribution in [0.25, 0.3) is 0 Å². The molecule has 1 aromatic carbocycles. The van der Waals surface area contributed by atoms with E-state index in [1.165, 1.54) is 6.07 Å². The molecule has 0 aliphatic carbocycles. The molecule has 9 heteroatoms. The molecule has 0 fully saturated rings. The van der Waals surface area contributed by atoms with Gasteiger partial charge in [-0.3, -0.25) is 4.39 Å². The number of benzene rings is 1. The van der Waals surface area contributed by atoms with E-state index >= 15 is 0 Å². The predicted molar refractivity (Wildman–Crippen MR) is 93.2 cm³/mol. The summed E-state index contributed by atoms with van der Waals surface area (Å²) in [6.45, 7) is 0.00788. The van der Waals surface area contributed by atoms with Crippen LogP contribution in [0, 0.1) is 11.6 Å². The van der Waals surface area contributed by atoms with Crippen molar-refractivity contribution in [3.05, 3.63) is 29.8 Å². The first-order valence-corrected chi connectivity index (χ1v) is 9.19. The lowest BCUT2D eigenvalue weighted by Gasteiger charge is -2.29. The summed E-state index contributed by atoms with van der Waals surface area (Å²) in [5.74, 6) is -2.46. The lowest BCUT2D eigenvalue weighted by atomic mass is 10.0. The van der Waals surface area contributed by atoms with Gasteiger partial charge in [-0.15, -0.1) is 0 Å². The smallest absolute Gasteiger partial charge is 0.182 e. The predicted octanol–water partition coefficient (Wildman–Crippen LogP) is 6.01. The second-order valence-electron chi connectivity index (χ2n) is 6.57. The van der Waals surface area contributed by atoms with Crippen LogP contribution in [0.3, 0.4) is 0 Å². The molecule has 0 aromatic heterocycles. The second-order valence-corrected chi connectivity index (χ2v) is 6.57. The molecule has 0 spiro atoms. The van der Waals surface area contributed by atoms with Gasteiger partial charge >= 0.3 is 0 Å². The summed E-state index contributed by atoms with van der Waals surface area (Å²) in [6.07, 6.45) is -14.1.